The van der Waals surface area contributed by atoms with Crippen molar-refractivity contribution in [1.82, 2.24) is 9.62 Å². The van der Waals surface area contributed by atoms with Gasteiger partial charge in [0, 0.05) is 0 Å². The predicted octanol–water partition coefficient (Wildman–Crippen LogP) is -1.60. The summed E-state index contributed by atoms with van der Waals surface area (Å²) in [7, 11) is -3.57. The van der Waals surface area contributed by atoms with Crippen LogP contribution >= 0.6 is 0 Å². The van der Waals surface area contributed by atoms with Gasteiger partial charge in [0.15, 0.2) is 0 Å². The van der Waals surface area contributed by atoms with Crippen molar-refractivity contribution in [3.63, 3.8) is 0 Å². The number of hydrogen-bond donors (Lipinski definition) is 2. The summed E-state index contributed by atoms with van der Waals surface area (Å²) in [6, 6.07) is -0.837. The first-order valence-electron chi connectivity index (χ1n) is 5.42. The van der Waals surface area contributed by atoms with Crippen LogP contribution in [0.3, 0.4) is 0 Å². The van der Waals surface area contributed by atoms with Gasteiger partial charge < -0.3 is 5.73 Å². The third kappa shape index (κ3) is 3.48. The Morgan fingerprint density at radius 1 is 1.41 bits per heavy atom. The van der Waals surface area contributed by atoms with Crippen molar-refractivity contribution in [1.29, 1.82) is 0 Å². The number of unbranched alkanes of at least 4 members (excludes halogenated alkanes) is 1. The van der Waals surface area contributed by atoms with Gasteiger partial charge >= 0.3 is 0 Å². The summed E-state index contributed by atoms with van der Waals surface area (Å²) < 4.78 is 24.8. The molecule has 17 heavy (non-hydrogen) atoms. The van der Waals surface area contributed by atoms with Crippen molar-refractivity contribution >= 4 is 21.8 Å². The fourth-order valence-electron chi connectivity index (χ4n) is 1.58. The number of carbonyl (C=O) groups is 2. The topological polar surface area (TPSA) is 110 Å². The van der Waals surface area contributed by atoms with E-state index in [1.54, 1.807) is 0 Å². The van der Waals surface area contributed by atoms with Gasteiger partial charge in [0.05, 0.1) is 12.3 Å². The molecule has 1 aliphatic heterocycles. The number of piperazine rings is 1. The second kappa shape index (κ2) is 5.56. The monoisotopic (exact) mass is 263 g/mol. The van der Waals surface area contributed by atoms with Crippen LogP contribution in [0.1, 0.15) is 19.8 Å². The molecule has 0 radical (unpaired) electrons. The van der Waals surface area contributed by atoms with Gasteiger partial charge in [-0.2, -0.15) is 4.31 Å². The van der Waals surface area contributed by atoms with E-state index in [4.69, 9.17) is 5.73 Å². The predicted molar refractivity (Wildman–Crippen MR) is 61.4 cm³/mol. The third-order valence-electron chi connectivity index (χ3n) is 2.59. The fourth-order valence-corrected chi connectivity index (χ4v) is 3.27. The lowest BCUT2D eigenvalue weighted by molar-refractivity contribution is -0.136. The van der Waals surface area contributed by atoms with Gasteiger partial charge in [-0.05, 0) is 26.3 Å². The maximum absolute atomic E-state index is 11.9. The zero-order valence-corrected chi connectivity index (χ0v) is 10.5. The fraction of sp³-hybridized carbons (Fsp3) is 0.778. The van der Waals surface area contributed by atoms with Gasteiger partial charge in [0.25, 0.3) is 0 Å². The van der Waals surface area contributed by atoms with Crippen LogP contribution in [0, 0.1) is 0 Å². The summed E-state index contributed by atoms with van der Waals surface area (Å²) in [6.45, 7) is 1.59. The zero-order valence-electron chi connectivity index (χ0n) is 9.68. The summed E-state index contributed by atoms with van der Waals surface area (Å²) in [5.74, 6) is -1.26. The second-order valence-corrected chi connectivity index (χ2v) is 5.99. The molecule has 98 valence electrons. The minimum Gasteiger partial charge on any atom is -0.330 e. The molecule has 0 spiro atoms. The number of nitrogens with two attached hydrogens (primary N) is 1. The molecule has 1 unspecified atom stereocenters. The third-order valence-corrected chi connectivity index (χ3v) is 4.55. The smallest absolute Gasteiger partial charge is 0.244 e. The van der Waals surface area contributed by atoms with Crippen molar-refractivity contribution in [2.75, 3.05) is 18.8 Å². The second-order valence-electron chi connectivity index (χ2n) is 3.95. The molecule has 0 bridgehead atoms. The van der Waals surface area contributed by atoms with E-state index < -0.39 is 27.9 Å². The minimum atomic E-state index is -3.57. The first kappa shape index (κ1) is 14.1. The maximum Gasteiger partial charge on any atom is 0.244 e. The molecule has 3 N–H and O–H groups in total. The number of carbonyl (C=O) groups excluding carboxylic acids is 2. The van der Waals surface area contributed by atoms with Crippen LogP contribution < -0.4 is 11.1 Å². The Labute approximate surface area is 100 Å². The number of hydrogen-bond acceptors (Lipinski definition) is 5. The molecule has 0 aromatic rings. The summed E-state index contributed by atoms with van der Waals surface area (Å²) in [6.07, 6.45) is 1.03. The lowest BCUT2D eigenvalue weighted by atomic mass is 10.2. The summed E-state index contributed by atoms with van der Waals surface area (Å²) in [5.41, 5.74) is 5.28. The molecule has 1 saturated heterocycles. The molecule has 1 atom stereocenters. The summed E-state index contributed by atoms with van der Waals surface area (Å²) in [4.78, 5) is 22.5. The van der Waals surface area contributed by atoms with E-state index in [1.165, 1.54) is 6.92 Å². The largest absolute Gasteiger partial charge is 0.330 e. The molecule has 0 aromatic heterocycles. The lowest BCUT2D eigenvalue weighted by Crippen LogP contribution is -2.58. The van der Waals surface area contributed by atoms with E-state index in [2.05, 4.69) is 5.32 Å². The normalized spacial score (nSPS) is 22.6. The molecule has 0 aromatic carbocycles. The van der Waals surface area contributed by atoms with Crippen LogP contribution in [0.2, 0.25) is 0 Å². The SMILES string of the molecule is CC1C(=O)NC(=O)CN1S(=O)(=O)CCCCN. The lowest BCUT2D eigenvalue weighted by Gasteiger charge is -2.30. The molecule has 1 rings (SSSR count). The zero-order chi connectivity index (χ0) is 13.1. The van der Waals surface area contributed by atoms with E-state index >= 15 is 0 Å². The van der Waals surface area contributed by atoms with E-state index in [-0.39, 0.29) is 12.3 Å². The van der Waals surface area contributed by atoms with Crippen molar-refractivity contribution in [2.45, 2.75) is 25.8 Å². The van der Waals surface area contributed by atoms with Crippen molar-refractivity contribution in [3.05, 3.63) is 0 Å². The van der Waals surface area contributed by atoms with Gasteiger partial charge in [-0.1, -0.05) is 0 Å². The molecular weight excluding hydrogens is 246 g/mol. The number of sulfonamides is 1. The highest BCUT2D eigenvalue weighted by molar-refractivity contribution is 7.89. The van der Waals surface area contributed by atoms with Gasteiger partial charge in [-0.3, -0.25) is 14.9 Å². The molecule has 1 aliphatic rings. The number of nitrogens with one attached hydrogen (secondary N) is 1. The first-order chi connectivity index (χ1) is 7.88. The van der Waals surface area contributed by atoms with Gasteiger partial charge in [-0.25, -0.2) is 8.42 Å². The van der Waals surface area contributed by atoms with Crippen LogP contribution in [0.5, 0.6) is 0 Å². The quantitative estimate of drug-likeness (QED) is 0.458. The number of rotatable bonds is 5. The highest BCUT2D eigenvalue weighted by Gasteiger charge is 2.37. The first-order valence-corrected chi connectivity index (χ1v) is 7.02. The van der Waals surface area contributed by atoms with Crippen molar-refractivity contribution < 1.29 is 18.0 Å². The van der Waals surface area contributed by atoms with Crippen LogP contribution in [0.15, 0.2) is 0 Å². The minimum absolute atomic E-state index is 0.0882. The van der Waals surface area contributed by atoms with Crippen LogP contribution in [-0.4, -0.2) is 49.4 Å². The van der Waals surface area contributed by atoms with Gasteiger partial charge in [0.2, 0.25) is 21.8 Å². The van der Waals surface area contributed by atoms with Crippen LogP contribution in [0.25, 0.3) is 0 Å². The molecule has 8 heteroatoms. The van der Waals surface area contributed by atoms with E-state index in [1.807, 2.05) is 0 Å². The standard InChI is InChI=1S/C9H17N3O4S/c1-7-9(14)11-8(13)6-12(7)17(15,16)5-3-2-4-10/h7H,2-6,10H2,1H3,(H,11,13,14). The number of nitrogens with zero attached hydrogens (tertiary/aromatic N) is 1. The summed E-state index contributed by atoms with van der Waals surface area (Å²) in [5, 5.41) is 2.09. The van der Waals surface area contributed by atoms with Crippen LogP contribution in [-0.2, 0) is 19.6 Å². The average molecular weight is 263 g/mol. The number of imide groups is 1. The Kier molecular flexibility index (Phi) is 4.61. The Hall–Kier alpha value is -0.990. The Bertz CT molecular complexity index is 406. The number of amides is 2. The molecule has 2 amide bonds. The Balaban J connectivity index is 2.75. The molecule has 0 aliphatic carbocycles. The van der Waals surface area contributed by atoms with E-state index in [9.17, 15) is 18.0 Å². The van der Waals surface area contributed by atoms with Crippen molar-refractivity contribution in [3.8, 4) is 0 Å². The van der Waals surface area contributed by atoms with Crippen LogP contribution in [0.4, 0.5) is 0 Å². The van der Waals surface area contributed by atoms with E-state index in [0.717, 1.165) is 4.31 Å². The molecule has 1 heterocycles. The summed E-state index contributed by atoms with van der Waals surface area (Å²) >= 11 is 0. The molecule has 7 nitrogen and oxygen atoms in total. The highest BCUT2D eigenvalue weighted by atomic mass is 32.2. The molecule has 0 saturated carbocycles. The molecule has 1 fully saturated rings. The van der Waals surface area contributed by atoms with Gasteiger partial charge in [-0.15, -0.1) is 0 Å². The Morgan fingerprint density at radius 2 is 2.06 bits per heavy atom. The average Bonchev–Trinajstić information content (AvgIpc) is 2.23. The van der Waals surface area contributed by atoms with E-state index in [0.29, 0.717) is 19.4 Å². The highest BCUT2D eigenvalue weighted by Crippen LogP contribution is 2.12. The maximum atomic E-state index is 11.9. The van der Waals surface area contributed by atoms with Gasteiger partial charge in [0.1, 0.15) is 6.04 Å². The Morgan fingerprint density at radius 3 is 2.65 bits per heavy atom. The van der Waals surface area contributed by atoms with Crippen molar-refractivity contribution in [2.24, 2.45) is 5.73 Å². The molecular formula is C9H17N3O4S.